The largest absolute Gasteiger partial charge is 0.313 e. The number of aromatic nitrogens is 3. The summed E-state index contributed by atoms with van der Waals surface area (Å²) < 4.78 is 2.02. The predicted octanol–water partition coefficient (Wildman–Crippen LogP) is 2.83. The Bertz CT molecular complexity index is 506. The van der Waals surface area contributed by atoms with Gasteiger partial charge in [0.1, 0.15) is 12.2 Å². The van der Waals surface area contributed by atoms with E-state index in [1.807, 2.05) is 11.7 Å². The Morgan fingerprint density at radius 3 is 2.65 bits per heavy atom. The van der Waals surface area contributed by atoms with Gasteiger partial charge in [0.15, 0.2) is 0 Å². The summed E-state index contributed by atoms with van der Waals surface area (Å²) in [6, 6.07) is 10.9. The summed E-state index contributed by atoms with van der Waals surface area (Å²) >= 11 is 0. The molecule has 1 N–H and O–H groups in total. The van der Waals surface area contributed by atoms with Gasteiger partial charge in [0.2, 0.25) is 0 Å². The molecular formula is C16H24N4. The van der Waals surface area contributed by atoms with Crippen LogP contribution in [0.15, 0.2) is 36.7 Å². The van der Waals surface area contributed by atoms with Crippen LogP contribution >= 0.6 is 0 Å². The second-order valence-corrected chi connectivity index (χ2v) is 5.26. The summed E-state index contributed by atoms with van der Waals surface area (Å²) in [5, 5.41) is 7.73. The Labute approximate surface area is 121 Å². The fourth-order valence-electron chi connectivity index (χ4n) is 2.69. The quantitative estimate of drug-likeness (QED) is 0.843. The van der Waals surface area contributed by atoms with E-state index in [1.165, 1.54) is 5.56 Å². The topological polar surface area (TPSA) is 42.7 Å². The third-order valence-electron chi connectivity index (χ3n) is 3.67. The number of nitrogens with zero attached hydrogens (tertiary/aromatic N) is 3. The Morgan fingerprint density at radius 2 is 2.00 bits per heavy atom. The van der Waals surface area contributed by atoms with Crippen LogP contribution in [0.1, 0.15) is 37.7 Å². The van der Waals surface area contributed by atoms with Crippen molar-refractivity contribution in [1.29, 1.82) is 0 Å². The first-order valence-corrected chi connectivity index (χ1v) is 7.35. The van der Waals surface area contributed by atoms with Crippen molar-refractivity contribution in [2.24, 2.45) is 5.92 Å². The van der Waals surface area contributed by atoms with E-state index < -0.39 is 0 Å². The Balaban J connectivity index is 2.09. The van der Waals surface area contributed by atoms with Gasteiger partial charge in [-0.2, -0.15) is 5.10 Å². The lowest BCUT2D eigenvalue weighted by Gasteiger charge is -2.24. The number of rotatable bonds is 7. The van der Waals surface area contributed by atoms with Crippen molar-refractivity contribution in [3.05, 3.63) is 48.0 Å². The summed E-state index contributed by atoms with van der Waals surface area (Å²) in [6.45, 7) is 5.37. The Kier molecular flexibility index (Phi) is 5.30. The van der Waals surface area contributed by atoms with Crippen molar-refractivity contribution in [3.63, 3.8) is 0 Å². The van der Waals surface area contributed by atoms with Crippen LogP contribution in [0.5, 0.6) is 0 Å². The van der Waals surface area contributed by atoms with Crippen molar-refractivity contribution in [1.82, 2.24) is 20.1 Å². The van der Waals surface area contributed by atoms with Crippen LogP contribution in [0.4, 0.5) is 0 Å². The van der Waals surface area contributed by atoms with Crippen LogP contribution in [0, 0.1) is 5.92 Å². The maximum absolute atomic E-state index is 4.41. The molecule has 0 aliphatic carbocycles. The summed E-state index contributed by atoms with van der Waals surface area (Å²) in [5.41, 5.74) is 1.32. The number of hydrogen-bond donors (Lipinski definition) is 1. The van der Waals surface area contributed by atoms with E-state index >= 15 is 0 Å². The molecule has 20 heavy (non-hydrogen) atoms. The highest BCUT2D eigenvalue weighted by Gasteiger charge is 2.19. The fourth-order valence-corrected chi connectivity index (χ4v) is 2.69. The van der Waals surface area contributed by atoms with E-state index in [9.17, 15) is 0 Å². The summed E-state index contributed by atoms with van der Waals surface area (Å²) in [4.78, 5) is 4.41. The lowest BCUT2D eigenvalue weighted by Crippen LogP contribution is -2.26. The number of benzene rings is 1. The average Bonchev–Trinajstić information content (AvgIpc) is 2.88. The van der Waals surface area contributed by atoms with E-state index in [4.69, 9.17) is 0 Å². The zero-order valence-electron chi connectivity index (χ0n) is 12.6. The molecule has 1 aromatic heterocycles. The minimum atomic E-state index is 0.336. The minimum Gasteiger partial charge on any atom is -0.313 e. The molecule has 1 heterocycles. The van der Waals surface area contributed by atoms with E-state index in [2.05, 4.69) is 59.6 Å². The average molecular weight is 272 g/mol. The molecule has 2 unspecified atom stereocenters. The van der Waals surface area contributed by atoms with E-state index in [0.29, 0.717) is 12.0 Å². The molecule has 2 aromatic rings. The molecule has 4 nitrogen and oxygen atoms in total. The monoisotopic (exact) mass is 272 g/mol. The van der Waals surface area contributed by atoms with Gasteiger partial charge in [-0.05, 0) is 24.9 Å². The second kappa shape index (κ2) is 7.20. The second-order valence-electron chi connectivity index (χ2n) is 5.26. The highest BCUT2D eigenvalue weighted by molar-refractivity contribution is 5.19. The van der Waals surface area contributed by atoms with Crippen LogP contribution < -0.4 is 5.32 Å². The van der Waals surface area contributed by atoms with Crippen LogP contribution in [0.3, 0.4) is 0 Å². The first-order chi connectivity index (χ1) is 9.76. The molecular weight excluding hydrogens is 248 g/mol. The zero-order chi connectivity index (χ0) is 14.4. The van der Waals surface area contributed by atoms with E-state index in [-0.39, 0.29) is 0 Å². The van der Waals surface area contributed by atoms with E-state index in [0.717, 1.165) is 25.2 Å². The molecule has 108 valence electrons. The van der Waals surface area contributed by atoms with Crippen molar-refractivity contribution < 1.29 is 0 Å². The SMILES string of the molecule is CCCn1ncnc1CC(C)C(NC)c1ccccc1. The molecule has 1 aromatic carbocycles. The number of hydrogen-bond acceptors (Lipinski definition) is 3. The molecule has 0 amide bonds. The molecule has 0 fully saturated rings. The summed E-state index contributed by atoms with van der Waals surface area (Å²) in [7, 11) is 2.02. The predicted molar refractivity (Wildman–Crippen MR) is 81.4 cm³/mol. The fraction of sp³-hybridized carbons (Fsp3) is 0.500. The van der Waals surface area contributed by atoms with Crippen molar-refractivity contribution >= 4 is 0 Å². The molecule has 0 saturated heterocycles. The lowest BCUT2D eigenvalue weighted by atomic mass is 9.92. The minimum absolute atomic E-state index is 0.336. The van der Waals surface area contributed by atoms with Crippen LogP contribution in [-0.4, -0.2) is 21.8 Å². The van der Waals surface area contributed by atoms with Crippen LogP contribution in [-0.2, 0) is 13.0 Å². The van der Waals surface area contributed by atoms with Crippen molar-refractivity contribution in [2.45, 2.75) is 39.3 Å². The third-order valence-corrected chi connectivity index (χ3v) is 3.67. The van der Waals surface area contributed by atoms with Gasteiger partial charge >= 0.3 is 0 Å². The Morgan fingerprint density at radius 1 is 1.25 bits per heavy atom. The van der Waals surface area contributed by atoms with Crippen molar-refractivity contribution in [2.75, 3.05) is 7.05 Å². The van der Waals surface area contributed by atoms with Gasteiger partial charge in [-0.25, -0.2) is 4.98 Å². The van der Waals surface area contributed by atoms with Crippen molar-refractivity contribution in [3.8, 4) is 0 Å². The normalized spacial score (nSPS) is 14.2. The number of nitrogens with one attached hydrogen (secondary N) is 1. The summed E-state index contributed by atoms with van der Waals surface area (Å²) in [6.07, 6.45) is 3.67. The zero-order valence-corrected chi connectivity index (χ0v) is 12.6. The van der Waals surface area contributed by atoms with Gasteiger partial charge in [0.05, 0.1) is 0 Å². The van der Waals surface area contributed by atoms with Gasteiger partial charge in [0, 0.05) is 19.0 Å². The maximum atomic E-state index is 4.41. The highest BCUT2D eigenvalue weighted by Crippen LogP contribution is 2.24. The lowest BCUT2D eigenvalue weighted by molar-refractivity contribution is 0.392. The van der Waals surface area contributed by atoms with Crippen LogP contribution in [0.2, 0.25) is 0 Å². The number of aryl methyl sites for hydroxylation is 1. The molecule has 0 bridgehead atoms. The molecule has 0 radical (unpaired) electrons. The van der Waals surface area contributed by atoms with Gasteiger partial charge in [-0.3, -0.25) is 4.68 Å². The molecule has 0 aliphatic rings. The van der Waals surface area contributed by atoms with Gasteiger partial charge in [-0.15, -0.1) is 0 Å². The van der Waals surface area contributed by atoms with Gasteiger partial charge in [-0.1, -0.05) is 44.2 Å². The van der Waals surface area contributed by atoms with Crippen LogP contribution in [0.25, 0.3) is 0 Å². The first kappa shape index (κ1) is 14.7. The van der Waals surface area contributed by atoms with Gasteiger partial charge in [0.25, 0.3) is 0 Å². The highest BCUT2D eigenvalue weighted by atomic mass is 15.3. The molecule has 4 heteroatoms. The Hall–Kier alpha value is -1.68. The standard InChI is InChI=1S/C16H24N4/c1-4-10-20-15(18-12-19-20)11-13(2)16(17-3)14-8-6-5-7-9-14/h5-9,12-13,16-17H,4,10-11H2,1-3H3. The smallest absolute Gasteiger partial charge is 0.138 e. The summed E-state index contributed by atoms with van der Waals surface area (Å²) in [5.74, 6) is 1.54. The molecule has 0 saturated carbocycles. The molecule has 0 spiro atoms. The molecule has 2 rings (SSSR count). The molecule has 2 atom stereocenters. The third kappa shape index (κ3) is 3.45. The maximum Gasteiger partial charge on any atom is 0.138 e. The van der Waals surface area contributed by atoms with Gasteiger partial charge < -0.3 is 5.32 Å². The first-order valence-electron chi connectivity index (χ1n) is 7.35. The molecule has 0 aliphatic heterocycles. The van der Waals surface area contributed by atoms with E-state index in [1.54, 1.807) is 6.33 Å².